The summed E-state index contributed by atoms with van der Waals surface area (Å²) in [5.74, 6) is 0. The highest BCUT2D eigenvalue weighted by Crippen LogP contribution is 2.20. The molecule has 2 rings (SSSR count). The molecule has 1 aliphatic rings. The van der Waals surface area contributed by atoms with Crippen LogP contribution in [-0.4, -0.2) is 16.1 Å². The molecule has 0 aromatic carbocycles. The molecule has 0 spiro atoms. The minimum absolute atomic E-state index is 0.559. The summed E-state index contributed by atoms with van der Waals surface area (Å²) >= 11 is 0. The van der Waals surface area contributed by atoms with E-state index in [1.54, 1.807) is 4.68 Å². The Balaban J connectivity index is 2.63. The van der Waals surface area contributed by atoms with E-state index >= 15 is 0 Å². The molecule has 1 aromatic rings. The molecule has 0 bridgehead atoms. The molecule has 62 valence electrons. The Bertz CT molecular complexity index is 350. The number of nitrogens with zero attached hydrogens (tertiary/aromatic N) is 2. The average molecular weight is 162 g/mol. The quantitative estimate of drug-likeness (QED) is 0.581. The van der Waals surface area contributed by atoms with E-state index in [1.807, 2.05) is 13.1 Å². The van der Waals surface area contributed by atoms with Crippen molar-refractivity contribution in [3.05, 3.63) is 23.0 Å². The number of hydrogen-bond donors (Lipinski definition) is 0. The number of hydrogen-bond acceptors (Lipinski definition) is 2. The van der Waals surface area contributed by atoms with Gasteiger partial charge in [0.2, 0.25) is 0 Å². The summed E-state index contributed by atoms with van der Waals surface area (Å²) in [5.41, 5.74) is 2.72. The molecule has 0 saturated heterocycles. The van der Waals surface area contributed by atoms with Gasteiger partial charge in [0, 0.05) is 18.3 Å². The number of rotatable bonds is 1. The van der Waals surface area contributed by atoms with Gasteiger partial charge < -0.3 is 0 Å². The Hall–Kier alpha value is -1.38. The summed E-state index contributed by atoms with van der Waals surface area (Å²) in [6.45, 7) is 0. The molecule has 0 atom stereocenters. The molecular formula is C9H10N2O. The van der Waals surface area contributed by atoms with Crippen molar-refractivity contribution in [3.63, 3.8) is 0 Å². The topological polar surface area (TPSA) is 34.9 Å². The van der Waals surface area contributed by atoms with Crippen molar-refractivity contribution in [2.45, 2.75) is 12.8 Å². The third-order valence-electron chi connectivity index (χ3n) is 2.18. The van der Waals surface area contributed by atoms with Gasteiger partial charge in [-0.15, -0.1) is 0 Å². The van der Waals surface area contributed by atoms with Crippen LogP contribution in [0.25, 0.3) is 6.08 Å². The van der Waals surface area contributed by atoms with E-state index < -0.39 is 0 Å². The lowest BCUT2D eigenvalue weighted by Gasteiger charge is -2.05. The number of aryl methyl sites for hydroxylation is 1. The molecule has 0 aliphatic heterocycles. The van der Waals surface area contributed by atoms with Gasteiger partial charge in [-0.2, -0.15) is 5.10 Å². The van der Waals surface area contributed by atoms with Crippen molar-refractivity contribution in [3.8, 4) is 0 Å². The SMILES string of the molecule is Cn1nc(C=O)c2c1CCC=C2. The van der Waals surface area contributed by atoms with Crippen LogP contribution in [0.5, 0.6) is 0 Å². The number of fused-ring (bicyclic) bond motifs is 1. The third kappa shape index (κ3) is 0.897. The fourth-order valence-corrected chi connectivity index (χ4v) is 1.58. The van der Waals surface area contributed by atoms with Gasteiger partial charge in [0.25, 0.3) is 0 Å². The lowest BCUT2D eigenvalue weighted by atomic mass is 10.0. The molecule has 1 aromatic heterocycles. The van der Waals surface area contributed by atoms with Gasteiger partial charge in [-0.1, -0.05) is 12.2 Å². The molecule has 0 unspecified atom stereocenters. The van der Waals surface area contributed by atoms with E-state index in [-0.39, 0.29) is 0 Å². The fraction of sp³-hybridized carbons (Fsp3) is 0.333. The minimum atomic E-state index is 0.559. The molecule has 1 heterocycles. The largest absolute Gasteiger partial charge is 0.296 e. The van der Waals surface area contributed by atoms with Crippen LogP contribution in [0, 0.1) is 0 Å². The highest BCUT2D eigenvalue weighted by atomic mass is 16.1. The van der Waals surface area contributed by atoms with E-state index in [9.17, 15) is 4.79 Å². The first-order chi connectivity index (χ1) is 5.83. The van der Waals surface area contributed by atoms with Gasteiger partial charge in [-0.25, -0.2) is 0 Å². The van der Waals surface area contributed by atoms with E-state index in [0.29, 0.717) is 5.69 Å². The summed E-state index contributed by atoms with van der Waals surface area (Å²) < 4.78 is 1.79. The van der Waals surface area contributed by atoms with E-state index in [2.05, 4.69) is 11.2 Å². The lowest BCUT2D eigenvalue weighted by Crippen LogP contribution is -2.00. The Morgan fingerprint density at radius 2 is 2.50 bits per heavy atom. The monoisotopic (exact) mass is 162 g/mol. The van der Waals surface area contributed by atoms with Crippen LogP contribution in [0.4, 0.5) is 0 Å². The lowest BCUT2D eigenvalue weighted by molar-refractivity contribution is 0.111. The Morgan fingerprint density at radius 1 is 1.67 bits per heavy atom. The van der Waals surface area contributed by atoms with Crippen LogP contribution in [-0.2, 0) is 13.5 Å². The van der Waals surface area contributed by atoms with Gasteiger partial charge in [-0.05, 0) is 12.8 Å². The predicted molar refractivity (Wildman–Crippen MR) is 46.0 cm³/mol. The molecule has 3 nitrogen and oxygen atoms in total. The molecule has 12 heavy (non-hydrogen) atoms. The van der Waals surface area contributed by atoms with Crippen LogP contribution in [0.15, 0.2) is 6.08 Å². The van der Waals surface area contributed by atoms with Crippen molar-refractivity contribution >= 4 is 12.4 Å². The number of aldehydes is 1. The number of allylic oxidation sites excluding steroid dienone is 1. The Morgan fingerprint density at radius 3 is 3.25 bits per heavy atom. The second kappa shape index (κ2) is 2.59. The molecule has 0 radical (unpaired) electrons. The van der Waals surface area contributed by atoms with Crippen molar-refractivity contribution in [1.82, 2.24) is 9.78 Å². The van der Waals surface area contributed by atoms with Crippen LogP contribution in [0.2, 0.25) is 0 Å². The molecule has 1 aliphatic carbocycles. The van der Waals surface area contributed by atoms with Gasteiger partial charge >= 0.3 is 0 Å². The summed E-state index contributed by atoms with van der Waals surface area (Å²) in [6.07, 6.45) is 6.91. The van der Waals surface area contributed by atoms with E-state index in [0.717, 1.165) is 24.7 Å². The zero-order chi connectivity index (χ0) is 8.55. The normalized spacial score (nSPS) is 14.4. The second-order valence-electron chi connectivity index (χ2n) is 2.93. The van der Waals surface area contributed by atoms with Crippen LogP contribution < -0.4 is 0 Å². The van der Waals surface area contributed by atoms with Gasteiger partial charge in [-0.3, -0.25) is 9.48 Å². The summed E-state index contributed by atoms with van der Waals surface area (Å²) in [6, 6.07) is 0. The molecule has 0 fully saturated rings. The highest BCUT2D eigenvalue weighted by molar-refractivity contribution is 5.80. The Kier molecular flexibility index (Phi) is 1.57. The molecule has 0 N–H and O–H groups in total. The van der Waals surface area contributed by atoms with E-state index in [1.165, 1.54) is 5.69 Å². The predicted octanol–water partition coefficient (Wildman–Crippen LogP) is 1.19. The zero-order valence-electron chi connectivity index (χ0n) is 6.95. The van der Waals surface area contributed by atoms with E-state index in [4.69, 9.17) is 0 Å². The van der Waals surface area contributed by atoms with Crippen LogP contribution >= 0.6 is 0 Å². The van der Waals surface area contributed by atoms with Gasteiger partial charge in [0.15, 0.2) is 6.29 Å². The maximum atomic E-state index is 10.6. The van der Waals surface area contributed by atoms with Crippen LogP contribution in [0.3, 0.4) is 0 Å². The average Bonchev–Trinajstić information content (AvgIpc) is 2.44. The second-order valence-corrected chi connectivity index (χ2v) is 2.93. The van der Waals surface area contributed by atoms with Gasteiger partial charge in [0.05, 0.1) is 0 Å². The summed E-state index contributed by atoms with van der Waals surface area (Å²) in [7, 11) is 1.88. The first-order valence-corrected chi connectivity index (χ1v) is 4.00. The molecule has 0 saturated carbocycles. The Labute approximate surface area is 70.7 Å². The minimum Gasteiger partial charge on any atom is -0.296 e. The number of carbonyl (C=O) groups excluding carboxylic acids is 1. The molecule has 3 heteroatoms. The first-order valence-electron chi connectivity index (χ1n) is 4.00. The van der Waals surface area contributed by atoms with Crippen molar-refractivity contribution in [2.24, 2.45) is 7.05 Å². The number of carbonyl (C=O) groups is 1. The summed E-state index contributed by atoms with van der Waals surface area (Å²) in [5, 5.41) is 4.11. The van der Waals surface area contributed by atoms with Crippen LogP contribution in [0.1, 0.15) is 28.2 Å². The maximum absolute atomic E-state index is 10.6. The fourth-order valence-electron chi connectivity index (χ4n) is 1.58. The summed E-state index contributed by atoms with van der Waals surface area (Å²) in [4.78, 5) is 10.6. The first kappa shape index (κ1) is 7.28. The molecule has 0 amide bonds. The van der Waals surface area contributed by atoms with Crippen molar-refractivity contribution < 1.29 is 4.79 Å². The highest BCUT2D eigenvalue weighted by Gasteiger charge is 2.14. The zero-order valence-corrected chi connectivity index (χ0v) is 6.95. The standard InChI is InChI=1S/C9H10N2O/c1-11-9-5-3-2-4-7(9)8(6-12)10-11/h2,4,6H,3,5H2,1H3. The van der Waals surface area contributed by atoms with Gasteiger partial charge in [0.1, 0.15) is 5.69 Å². The van der Waals surface area contributed by atoms with Crippen molar-refractivity contribution in [1.29, 1.82) is 0 Å². The number of aromatic nitrogens is 2. The maximum Gasteiger partial charge on any atom is 0.170 e. The van der Waals surface area contributed by atoms with Crippen molar-refractivity contribution in [2.75, 3.05) is 0 Å². The smallest absolute Gasteiger partial charge is 0.170 e. The third-order valence-corrected chi connectivity index (χ3v) is 2.18. The molecular weight excluding hydrogens is 152 g/mol.